The Balaban J connectivity index is 2.31. The van der Waals surface area contributed by atoms with Gasteiger partial charge in [-0.05, 0) is 43.9 Å². The highest BCUT2D eigenvalue weighted by atomic mass is 35.5. The fourth-order valence-corrected chi connectivity index (χ4v) is 3.38. The van der Waals surface area contributed by atoms with Crippen LogP contribution in [0.25, 0.3) is 0 Å². The van der Waals surface area contributed by atoms with Gasteiger partial charge in [-0.3, -0.25) is 0 Å². The first-order valence-corrected chi connectivity index (χ1v) is 8.14. The zero-order chi connectivity index (χ0) is 15.6. The molecule has 1 aromatic rings. The number of hydrogen-bond donors (Lipinski definition) is 0. The monoisotopic (exact) mass is 327 g/mol. The van der Waals surface area contributed by atoms with Gasteiger partial charge in [-0.1, -0.05) is 35.8 Å². The molecule has 0 saturated carbocycles. The molecular formula is C17H23Cl2NO. The van der Waals surface area contributed by atoms with Crippen molar-refractivity contribution in [2.24, 2.45) is 5.92 Å². The summed E-state index contributed by atoms with van der Waals surface area (Å²) in [6, 6.07) is 6.32. The summed E-state index contributed by atoms with van der Waals surface area (Å²) < 4.78 is 5.72. The summed E-state index contributed by atoms with van der Waals surface area (Å²) in [5, 5.41) is 1.21. The molecular weight excluding hydrogens is 305 g/mol. The Morgan fingerprint density at radius 1 is 1.33 bits per heavy atom. The minimum absolute atomic E-state index is 0.366. The Labute approximate surface area is 137 Å². The van der Waals surface area contributed by atoms with Crippen molar-refractivity contribution < 1.29 is 4.74 Å². The molecule has 2 nitrogen and oxygen atoms in total. The van der Waals surface area contributed by atoms with Crippen LogP contribution in [0.3, 0.4) is 0 Å². The van der Waals surface area contributed by atoms with Crippen molar-refractivity contribution in [1.29, 1.82) is 0 Å². The van der Waals surface area contributed by atoms with Crippen molar-refractivity contribution in [2.45, 2.75) is 32.2 Å². The van der Waals surface area contributed by atoms with Gasteiger partial charge in [0.25, 0.3) is 0 Å². The number of allylic oxidation sites excluding steroid dienone is 1. The Bertz CT molecular complexity index is 518. The third-order valence-corrected chi connectivity index (χ3v) is 5.33. The van der Waals surface area contributed by atoms with E-state index >= 15 is 0 Å². The topological polar surface area (TPSA) is 12.5 Å². The number of likely N-dealkylation sites (tertiary alicyclic amines) is 1. The highest BCUT2D eigenvalue weighted by Gasteiger charge is 2.36. The van der Waals surface area contributed by atoms with Crippen molar-refractivity contribution in [1.82, 2.24) is 4.90 Å². The van der Waals surface area contributed by atoms with E-state index in [0.29, 0.717) is 27.9 Å². The lowest BCUT2D eigenvalue weighted by Crippen LogP contribution is -2.44. The number of benzene rings is 1. The van der Waals surface area contributed by atoms with Crippen molar-refractivity contribution in [3.8, 4) is 0 Å². The van der Waals surface area contributed by atoms with Crippen molar-refractivity contribution in [2.75, 3.05) is 20.3 Å². The molecule has 2 unspecified atom stereocenters. The first-order chi connectivity index (χ1) is 9.95. The molecule has 0 N–H and O–H groups in total. The molecule has 0 aliphatic carbocycles. The third-order valence-electron chi connectivity index (χ3n) is 4.59. The van der Waals surface area contributed by atoms with E-state index in [9.17, 15) is 0 Å². The normalized spacial score (nSPS) is 26.2. The molecule has 1 aliphatic rings. The Kier molecular flexibility index (Phi) is 5.59. The second-order valence-electron chi connectivity index (χ2n) is 5.73. The van der Waals surface area contributed by atoms with E-state index in [2.05, 4.69) is 31.5 Å². The van der Waals surface area contributed by atoms with Gasteiger partial charge < -0.3 is 9.64 Å². The SMILES string of the molecule is C=C1CC(c2ccc(Cl)c(Cl)c2)[C@@H](COCC)C(C)N1C. The summed E-state index contributed by atoms with van der Waals surface area (Å²) in [6.07, 6.45) is 0.927. The van der Waals surface area contributed by atoms with Gasteiger partial charge >= 0.3 is 0 Å². The van der Waals surface area contributed by atoms with Gasteiger partial charge in [-0.15, -0.1) is 0 Å². The Morgan fingerprint density at radius 2 is 2.05 bits per heavy atom. The number of rotatable bonds is 4. The molecule has 3 atom stereocenters. The number of ether oxygens (including phenoxy) is 1. The predicted octanol–water partition coefficient (Wildman–Crippen LogP) is 4.97. The van der Waals surface area contributed by atoms with Crippen LogP contribution in [-0.2, 0) is 4.74 Å². The number of nitrogens with zero attached hydrogens (tertiary/aromatic N) is 1. The zero-order valence-electron chi connectivity index (χ0n) is 12.9. The average molecular weight is 328 g/mol. The zero-order valence-corrected chi connectivity index (χ0v) is 14.4. The summed E-state index contributed by atoms with van der Waals surface area (Å²) in [5.74, 6) is 0.780. The fourth-order valence-electron chi connectivity index (χ4n) is 3.08. The van der Waals surface area contributed by atoms with E-state index in [0.717, 1.165) is 25.3 Å². The van der Waals surface area contributed by atoms with Crippen molar-refractivity contribution in [3.63, 3.8) is 0 Å². The van der Waals surface area contributed by atoms with Crippen LogP contribution in [0.1, 0.15) is 31.7 Å². The van der Waals surface area contributed by atoms with E-state index in [-0.39, 0.29) is 0 Å². The predicted molar refractivity (Wildman–Crippen MR) is 90.2 cm³/mol. The standard InChI is InChI=1S/C17H23Cl2NO/c1-5-21-10-15-12(3)20(4)11(2)8-14(15)13-6-7-16(18)17(19)9-13/h6-7,9,12,14-15H,2,5,8,10H2,1,3-4H3/t12?,14?,15-/m0/s1. The van der Waals surface area contributed by atoms with Gasteiger partial charge in [-0.2, -0.15) is 0 Å². The van der Waals surface area contributed by atoms with E-state index in [1.165, 1.54) is 5.56 Å². The van der Waals surface area contributed by atoms with Gasteiger partial charge in [0, 0.05) is 31.3 Å². The van der Waals surface area contributed by atoms with E-state index in [1.807, 2.05) is 19.1 Å². The highest BCUT2D eigenvalue weighted by Crippen LogP contribution is 2.41. The van der Waals surface area contributed by atoms with Crippen LogP contribution < -0.4 is 0 Å². The number of piperidine rings is 1. The highest BCUT2D eigenvalue weighted by molar-refractivity contribution is 6.42. The third kappa shape index (κ3) is 3.56. The van der Waals surface area contributed by atoms with E-state index in [1.54, 1.807) is 0 Å². The number of halogens is 2. The van der Waals surface area contributed by atoms with Crippen LogP contribution in [0.4, 0.5) is 0 Å². The van der Waals surface area contributed by atoms with Crippen LogP contribution in [0, 0.1) is 5.92 Å². The van der Waals surface area contributed by atoms with E-state index < -0.39 is 0 Å². The molecule has 0 spiro atoms. The smallest absolute Gasteiger partial charge is 0.0595 e. The Morgan fingerprint density at radius 3 is 2.67 bits per heavy atom. The van der Waals surface area contributed by atoms with Crippen molar-refractivity contribution >= 4 is 23.2 Å². The lowest BCUT2D eigenvalue weighted by atomic mass is 9.76. The first kappa shape index (κ1) is 16.7. The van der Waals surface area contributed by atoms with Crippen LogP contribution in [0.5, 0.6) is 0 Å². The maximum absolute atomic E-state index is 6.19. The lowest BCUT2D eigenvalue weighted by molar-refractivity contribution is 0.0465. The molecule has 0 amide bonds. The maximum atomic E-state index is 6.19. The van der Waals surface area contributed by atoms with Crippen LogP contribution in [0.15, 0.2) is 30.5 Å². The number of hydrogen-bond acceptors (Lipinski definition) is 2. The average Bonchev–Trinajstić information content (AvgIpc) is 2.46. The molecule has 0 radical (unpaired) electrons. The molecule has 4 heteroatoms. The summed E-state index contributed by atoms with van der Waals surface area (Å²) in [7, 11) is 2.11. The summed E-state index contributed by atoms with van der Waals surface area (Å²) in [5.41, 5.74) is 2.38. The summed E-state index contributed by atoms with van der Waals surface area (Å²) in [6.45, 7) is 9.96. The summed E-state index contributed by atoms with van der Waals surface area (Å²) >= 11 is 12.2. The molecule has 1 fully saturated rings. The minimum atomic E-state index is 0.366. The maximum Gasteiger partial charge on any atom is 0.0595 e. The molecule has 1 heterocycles. The van der Waals surface area contributed by atoms with Crippen LogP contribution >= 0.6 is 23.2 Å². The fraction of sp³-hybridized carbons (Fsp3) is 0.529. The lowest BCUT2D eigenvalue weighted by Gasteiger charge is -2.45. The molecule has 2 rings (SSSR count). The Hall–Kier alpha value is -0.700. The first-order valence-electron chi connectivity index (χ1n) is 7.39. The molecule has 0 aromatic heterocycles. The van der Waals surface area contributed by atoms with Gasteiger partial charge in [0.2, 0.25) is 0 Å². The summed E-state index contributed by atoms with van der Waals surface area (Å²) in [4.78, 5) is 2.26. The van der Waals surface area contributed by atoms with Crippen molar-refractivity contribution in [3.05, 3.63) is 46.1 Å². The van der Waals surface area contributed by atoms with Gasteiger partial charge in [0.15, 0.2) is 0 Å². The van der Waals surface area contributed by atoms with Gasteiger partial charge in [-0.25, -0.2) is 0 Å². The molecule has 1 saturated heterocycles. The quantitative estimate of drug-likeness (QED) is 0.774. The minimum Gasteiger partial charge on any atom is -0.381 e. The van der Waals surface area contributed by atoms with Crippen LogP contribution in [0.2, 0.25) is 10.0 Å². The molecule has 21 heavy (non-hydrogen) atoms. The molecule has 116 valence electrons. The molecule has 1 aliphatic heterocycles. The largest absolute Gasteiger partial charge is 0.381 e. The van der Waals surface area contributed by atoms with Crippen LogP contribution in [-0.4, -0.2) is 31.2 Å². The molecule has 0 bridgehead atoms. The van der Waals surface area contributed by atoms with Gasteiger partial charge in [0.1, 0.15) is 0 Å². The second kappa shape index (κ2) is 7.04. The van der Waals surface area contributed by atoms with Gasteiger partial charge in [0.05, 0.1) is 16.7 Å². The molecule has 1 aromatic carbocycles. The van der Waals surface area contributed by atoms with E-state index in [4.69, 9.17) is 27.9 Å². The second-order valence-corrected chi connectivity index (χ2v) is 6.54.